The third-order valence-electron chi connectivity index (χ3n) is 3.48. The smallest absolute Gasteiger partial charge is 0.190 e. The molecule has 2 atom stereocenters. The predicted octanol–water partition coefficient (Wildman–Crippen LogP) is 1.26. The third-order valence-corrected chi connectivity index (χ3v) is 3.48. The highest BCUT2D eigenvalue weighted by Crippen LogP contribution is 2.32. The number of aliphatic hydroxyl groups excluding tert-OH is 1. The number of Topliss-reactive ketones (excluding diaryl/α,β-unsaturated/α-hetero) is 1. The standard InChI is InChI=1S/C12H20O4/c1-12(2)15-7-9(13)11(16-12)10(14)8-5-3-4-6-8/h8,10-11,14H,3-7H2,1-2H3/t10-,11+/m0/s1. The Labute approximate surface area is 95.9 Å². The van der Waals surface area contributed by atoms with Gasteiger partial charge in [0.25, 0.3) is 0 Å². The minimum atomic E-state index is -0.766. The zero-order valence-electron chi connectivity index (χ0n) is 9.94. The predicted molar refractivity (Wildman–Crippen MR) is 57.9 cm³/mol. The number of ether oxygens (including phenoxy) is 2. The molecule has 4 nitrogen and oxygen atoms in total. The van der Waals surface area contributed by atoms with Crippen LogP contribution in [0.5, 0.6) is 0 Å². The second-order valence-electron chi connectivity index (χ2n) is 5.23. The molecule has 0 spiro atoms. The number of hydrogen-bond acceptors (Lipinski definition) is 4. The number of carbonyl (C=O) groups excluding carboxylic acids is 1. The van der Waals surface area contributed by atoms with Gasteiger partial charge in [0, 0.05) is 0 Å². The van der Waals surface area contributed by atoms with Crippen LogP contribution >= 0.6 is 0 Å². The highest BCUT2D eigenvalue weighted by atomic mass is 16.7. The van der Waals surface area contributed by atoms with Crippen molar-refractivity contribution < 1.29 is 19.4 Å². The second-order valence-corrected chi connectivity index (χ2v) is 5.23. The second kappa shape index (κ2) is 4.43. The summed E-state index contributed by atoms with van der Waals surface area (Å²) in [6.45, 7) is 3.59. The summed E-state index contributed by atoms with van der Waals surface area (Å²) < 4.78 is 10.8. The minimum Gasteiger partial charge on any atom is -0.390 e. The minimum absolute atomic E-state index is 0.0431. The highest BCUT2D eigenvalue weighted by molar-refractivity contribution is 5.85. The first-order valence-corrected chi connectivity index (χ1v) is 6.02. The van der Waals surface area contributed by atoms with Crippen LogP contribution in [0.3, 0.4) is 0 Å². The summed E-state index contributed by atoms with van der Waals surface area (Å²) >= 11 is 0. The van der Waals surface area contributed by atoms with Gasteiger partial charge >= 0.3 is 0 Å². The quantitative estimate of drug-likeness (QED) is 0.773. The number of hydrogen-bond donors (Lipinski definition) is 1. The van der Waals surface area contributed by atoms with Crippen molar-refractivity contribution in [2.75, 3.05) is 6.61 Å². The van der Waals surface area contributed by atoms with Crippen molar-refractivity contribution in [2.45, 2.75) is 57.5 Å². The molecule has 16 heavy (non-hydrogen) atoms. The molecule has 1 heterocycles. The molecule has 0 aromatic heterocycles. The van der Waals surface area contributed by atoms with Gasteiger partial charge in [-0.25, -0.2) is 0 Å². The first-order chi connectivity index (χ1) is 7.49. The Kier molecular flexibility index (Phi) is 3.33. The van der Waals surface area contributed by atoms with Crippen molar-refractivity contribution in [3.8, 4) is 0 Å². The van der Waals surface area contributed by atoms with Crippen molar-refractivity contribution in [1.82, 2.24) is 0 Å². The summed E-state index contributed by atoms with van der Waals surface area (Å²) in [5.41, 5.74) is 0. The Morgan fingerprint density at radius 2 is 2.00 bits per heavy atom. The fourth-order valence-corrected chi connectivity index (χ4v) is 2.54. The van der Waals surface area contributed by atoms with Crippen molar-refractivity contribution >= 4 is 5.78 Å². The van der Waals surface area contributed by atoms with Gasteiger partial charge in [0.05, 0.1) is 6.10 Å². The van der Waals surface area contributed by atoms with E-state index in [4.69, 9.17) is 9.47 Å². The molecule has 0 unspecified atom stereocenters. The average Bonchev–Trinajstić information content (AvgIpc) is 2.74. The Morgan fingerprint density at radius 1 is 1.38 bits per heavy atom. The molecule has 0 aromatic carbocycles. The van der Waals surface area contributed by atoms with Gasteiger partial charge in [0.15, 0.2) is 11.6 Å². The van der Waals surface area contributed by atoms with E-state index in [9.17, 15) is 9.90 Å². The molecular weight excluding hydrogens is 208 g/mol. The van der Waals surface area contributed by atoms with E-state index in [0.29, 0.717) is 0 Å². The molecule has 2 fully saturated rings. The molecule has 4 heteroatoms. The molecule has 1 N–H and O–H groups in total. The Balaban J connectivity index is 2.02. The van der Waals surface area contributed by atoms with Crippen LogP contribution in [0.25, 0.3) is 0 Å². The monoisotopic (exact) mass is 228 g/mol. The lowest BCUT2D eigenvalue weighted by Crippen LogP contribution is -2.52. The summed E-state index contributed by atoms with van der Waals surface area (Å²) in [5.74, 6) is -0.695. The van der Waals surface area contributed by atoms with E-state index >= 15 is 0 Å². The topological polar surface area (TPSA) is 55.8 Å². The molecule has 0 bridgehead atoms. The van der Waals surface area contributed by atoms with Gasteiger partial charge in [-0.1, -0.05) is 12.8 Å². The van der Waals surface area contributed by atoms with Crippen LogP contribution in [-0.2, 0) is 14.3 Å². The molecule has 92 valence electrons. The van der Waals surface area contributed by atoms with E-state index in [1.165, 1.54) is 0 Å². The molecule has 1 aliphatic heterocycles. The van der Waals surface area contributed by atoms with Crippen LogP contribution in [-0.4, -0.2) is 35.5 Å². The lowest BCUT2D eigenvalue weighted by atomic mass is 9.93. The van der Waals surface area contributed by atoms with E-state index in [1.54, 1.807) is 13.8 Å². The molecule has 0 aromatic rings. The summed E-state index contributed by atoms with van der Waals surface area (Å²) in [5, 5.41) is 10.2. The zero-order valence-corrected chi connectivity index (χ0v) is 9.94. The fraction of sp³-hybridized carbons (Fsp3) is 0.917. The van der Waals surface area contributed by atoms with Gasteiger partial charge in [-0.3, -0.25) is 4.79 Å². The third kappa shape index (κ3) is 2.44. The van der Waals surface area contributed by atoms with Gasteiger partial charge in [0.2, 0.25) is 0 Å². The lowest BCUT2D eigenvalue weighted by molar-refractivity contribution is -0.273. The summed E-state index contributed by atoms with van der Waals surface area (Å²) in [6, 6.07) is 0. The molecule has 1 saturated carbocycles. The summed E-state index contributed by atoms with van der Waals surface area (Å²) in [7, 11) is 0. The molecule has 0 amide bonds. The maximum absolute atomic E-state index is 11.7. The van der Waals surface area contributed by atoms with Crippen molar-refractivity contribution in [2.24, 2.45) is 5.92 Å². The SMILES string of the molecule is CC1(C)OCC(=O)[C@H]([C@@H](O)C2CCCC2)O1. The number of ketones is 1. The van der Waals surface area contributed by atoms with Crippen LogP contribution < -0.4 is 0 Å². The van der Waals surface area contributed by atoms with E-state index in [-0.39, 0.29) is 18.3 Å². The highest BCUT2D eigenvalue weighted by Gasteiger charge is 2.42. The van der Waals surface area contributed by atoms with Crippen molar-refractivity contribution in [3.05, 3.63) is 0 Å². The Bertz CT molecular complexity index is 268. The van der Waals surface area contributed by atoms with Crippen LogP contribution in [0.15, 0.2) is 0 Å². The maximum atomic E-state index is 11.7. The largest absolute Gasteiger partial charge is 0.390 e. The number of carbonyl (C=O) groups is 1. The zero-order chi connectivity index (χ0) is 11.8. The Hall–Kier alpha value is -0.450. The van der Waals surface area contributed by atoms with Crippen LogP contribution in [0.1, 0.15) is 39.5 Å². The van der Waals surface area contributed by atoms with Gasteiger partial charge in [-0.2, -0.15) is 0 Å². The first-order valence-electron chi connectivity index (χ1n) is 6.02. The van der Waals surface area contributed by atoms with E-state index in [1.807, 2.05) is 0 Å². The molecule has 2 rings (SSSR count). The van der Waals surface area contributed by atoms with Crippen molar-refractivity contribution in [1.29, 1.82) is 0 Å². The summed E-state index contributed by atoms with van der Waals surface area (Å²) in [6.07, 6.45) is 2.90. The van der Waals surface area contributed by atoms with Gasteiger partial charge in [-0.05, 0) is 32.6 Å². The van der Waals surface area contributed by atoms with E-state index in [0.717, 1.165) is 25.7 Å². The molecule has 2 aliphatic rings. The number of aliphatic hydroxyl groups is 1. The van der Waals surface area contributed by atoms with E-state index < -0.39 is 18.0 Å². The average molecular weight is 228 g/mol. The first kappa shape index (κ1) is 12.0. The molecular formula is C12H20O4. The van der Waals surface area contributed by atoms with Crippen molar-refractivity contribution in [3.63, 3.8) is 0 Å². The van der Waals surface area contributed by atoms with Gasteiger partial charge < -0.3 is 14.6 Å². The van der Waals surface area contributed by atoms with Gasteiger partial charge in [0.1, 0.15) is 12.7 Å². The van der Waals surface area contributed by atoms with Crippen LogP contribution in [0.2, 0.25) is 0 Å². The lowest BCUT2D eigenvalue weighted by Gasteiger charge is -2.38. The maximum Gasteiger partial charge on any atom is 0.190 e. The number of rotatable bonds is 2. The summed E-state index contributed by atoms with van der Waals surface area (Å²) in [4.78, 5) is 11.7. The molecule has 1 aliphatic carbocycles. The fourth-order valence-electron chi connectivity index (χ4n) is 2.54. The molecule has 1 saturated heterocycles. The van der Waals surface area contributed by atoms with E-state index in [2.05, 4.69) is 0 Å². The van der Waals surface area contributed by atoms with Gasteiger partial charge in [-0.15, -0.1) is 0 Å². The van der Waals surface area contributed by atoms with Crippen LogP contribution in [0.4, 0.5) is 0 Å². The molecule has 0 radical (unpaired) electrons. The Morgan fingerprint density at radius 3 is 2.62 bits per heavy atom. The van der Waals surface area contributed by atoms with Crippen LogP contribution in [0, 0.1) is 5.92 Å². The normalized spacial score (nSPS) is 32.9.